The zero-order chi connectivity index (χ0) is 14.5. The number of pyridine rings is 1. The fraction of sp³-hybridized carbons (Fsp3) is 0.500. The van der Waals surface area contributed by atoms with Gasteiger partial charge in [-0.1, -0.05) is 37.6 Å². The highest BCUT2D eigenvalue weighted by Gasteiger charge is 2.14. The Bertz CT molecular complexity index is 511. The van der Waals surface area contributed by atoms with Gasteiger partial charge >= 0.3 is 0 Å². The molecule has 1 aromatic rings. The molecule has 1 aliphatic carbocycles. The van der Waals surface area contributed by atoms with E-state index in [1.54, 1.807) is 6.07 Å². The topological polar surface area (TPSA) is 42.0 Å². The van der Waals surface area contributed by atoms with Crippen molar-refractivity contribution < 1.29 is 4.79 Å². The Hall–Kier alpha value is -1.35. The number of allylic oxidation sites excluding steroid dienone is 2. The van der Waals surface area contributed by atoms with E-state index in [1.807, 2.05) is 19.9 Å². The van der Waals surface area contributed by atoms with E-state index in [0.717, 1.165) is 31.5 Å². The third kappa shape index (κ3) is 4.07. The second-order valence-electron chi connectivity index (χ2n) is 5.62. The van der Waals surface area contributed by atoms with Gasteiger partial charge in [-0.15, -0.1) is 0 Å². The van der Waals surface area contributed by atoms with Crippen LogP contribution in [0.3, 0.4) is 0 Å². The highest BCUT2D eigenvalue weighted by atomic mass is 35.5. The molecule has 0 bridgehead atoms. The summed E-state index contributed by atoms with van der Waals surface area (Å²) in [6.07, 6.45) is 7.70. The molecule has 0 spiro atoms. The van der Waals surface area contributed by atoms with E-state index in [2.05, 4.69) is 22.5 Å². The van der Waals surface area contributed by atoms with E-state index < -0.39 is 0 Å². The van der Waals surface area contributed by atoms with Crippen molar-refractivity contribution in [3.8, 4) is 0 Å². The first-order valence-corrected chi connectivity index (χ1v) is 7.54. The smallest absolute Gasteiger partial charge is 0.251 e. The molecule has 1 N–H and O–H groups in total. The number of aromatic nitrogens is 1. The SMILES string of the molecule is CC(C)c1cc(C(=O)NCC2CC=CCC2)cc(Cl)n1. The predicted octanol–water partition coefficient (Wildman–Crippen LogP) is 3.94. The number of amides is 1. The fourth-order valence-electron chi connectivity index (χ4n) is 2.32. The first-order valence-electron chi connectivity index (χ1n) is 7.17. The van der Waals surface area contributed by atoms with Crippen LogP contribution < -0.4 is 5.32 Å². The molecule has 1 amide bonds. The van der Waals surface area contributed by atoms with Crippen molar-refractivity contribution in [2.24, 2.45) is 5.92 Å². The van der Waals surface area contributed by atoms with Crippen LogP contribution in [0.15, 0.2) is 24.3 Å². The summed E-state index contributed by atoms with van der Waals surface area (Å²) in [5, 5.41) is 3.38. The van der Waals surface area contributed by atoms with Crippen LogP contribution in [0.2, 0.25) is 5.15 Å². The van der Waals surface area contributed by atoms with Gasteiger partial charge in [-0.3, -0.25) is 4.79 Å². The summed E-state index contributed by atoms with van der Waals surface area (Å²) in [5.41, 5.74) is 1.45. The Labute approximate surface area is 125 Å². The monoisotopic (exact) mass is 292 g/mol. The van der Waals surface area contributed by atoms with Crippen LogP contribution in [0.1, 0.15) is 55.1 Å². The second-order valence-corrected chi connectivity index (χ2v) is 6.01. The fourth-order valence-corrected chi connectivity index (χ4v) is 2.54. The lowest BCUT2D eigenvalue weighted by atomic mass is 9.94. The van der Waals surface area contributed by atoms with Crippen LogP contribution in [-0.4, -0.2) is 17.4 Å². The first kappa shape index (κ1) is 15.0. The molecule has 1 heterocycles. The van der Waals surface area contributed by atoms with Crippen molar-refractivity contribution in [2.75, 3.05) is 6.54 Å². The number of hydrogen-bond donors (Lipinski definition) is 1. The molecule has 20 heavy (non-hydrogen) atoms. The molecule has 1 aromatic heterocycles. The van der Waals surface area contributed by atoms with Crippen LogP contribution in [0, 0.1) is 5.92 Å². The molecule has 1 aliphatic rings. The molecule has 108 valence electrons. The van der Waals surface area contributed by atoms with Gasteiger partial charge in [-0.25, -0.2) is 4.98 Å². The van der Waals surface area contributed by atoms with Gasteiger partial charge in [0.2, 0.25) is 0 Å². The molecule has 0 saturated heterocycles. The number of carbonyl (C=O) groups excluding carboxylic acids is 1. The van der Waals surface area contributed by atoms with E-state index in [-0.39, 0.29) is 11.8 Å². The Morgan fingerprint density at radius 1 is 1.45 bits per heavy atom. The number of nitrogens with zero attached hydrogens (tertiary/aromatic N) is 1. The Balaban J connectivity index is 1.99. The van der Waals surface area contributed by atoms with Gasteiger partial charge in [0, 0.05) is 17.8 Å². The van der Waals surface area contributed by atoms with Gasteiger partial charge in [-0.2, -0.15) is 0 Å². The molecular weight excluding hydrogens is 272 g/mol. The van der Waals surface area contributed by atoms with Gasteiger partial charge in [0.05, 0.1) is 0 Å². The zero-order valence-corrected chi connectivity index (χ0v) is 12.8. The lowest BCUT2D eigenvalue weighted by Crippen LogP contribution is -2.29. The van der Waals surface area contributed by atoms with E-state index in [9.17, 15) is 4.79 Å². The predicted molar refractivity (Wildman–Crippen MR) is 82.2 cm³/mol. The van der Waals surface area contributed by atoms with Crippen LogP contribution in [-0.2, 0) is 0 Å². The quantitative estimate of drug-likeness (QED) is 0.674. The third-order valence-electron chi connectivity index (χ3n) is 3.60. The van der Waals surface area contributed by atoms with Crippen LogP contribution in [0.4, 0.5) is 0 Å². The van der Waals surface area contributed by atoms with E-state index in [1.165, 1.54) is 0 Å². The summed E-state index contributed by atoms with van der Waals surface area (Å²) in [7, 11) is 0. The number of nitrogens with one attached hydrogen (secondary N) is 1. The van der Waals surface area contributed by atoms with Gasteiger partial charge in [0.15, 0.2) is 0 Å². The van der Waals surface area contributed by atoms with Crippen molar-refractivity contribution in [1.29, 1.82) is 0 Å². The van der Waals surface area contributed by atoms with Crippen LogP contribution in [0.25, 0.3) is 0 Å². The largest absolute Gasteiger partial charge is 0.352 e. The number of halogens is 1. The summed E-state index contributed by atoms with van der Waals surface area (Å²) in [6.45, 7) is 4.80. The molecule has 0 saturated carbocycles. The molecule has 0 aromatic carbocycles. The third-order valence-corrected chi connectivity index (χ3v) is 3.79. The molecule has 0 radical (unpaired) electrons. The summed E-state index contributed by atoms with van der Waals surface area (Å²) < 4.78 is 0. The molecule has 1 unspecified atom stereocenters. The van der Waals surface area contributed by atoms with Crippen LogP contribution in [0.5, 0.6) is 0 Å². The lowest BCUT2D eigenvalue weighted by molar-refractivity contribution is 0.0946. The maximum absolute atomic E-state index is 12.2. The number of hydrogen-bond acceptors (Lipinski definition) is 2. The summed E-state index contributed by atoms with van der Waals surface area (Å²) >= 11 is 5.99. The minimum absolute atomic E-state index is 0.0641. The van der Waals surface area contributed by atoms with Gasteiger partial charge in [0.25, 0.3) is 5.91 Å². The van der Waals surface area contributed by atoms with Gasteiger partial charge < -0.3 is 5.32 Å². The standard InChI is InChI=1S/C16H21ClN2O/c1-11(2)14-8-13(9-15(17)19-14)16(20)18-10-12-6-4-3-5-7-12/h3-4,8-9,11-12H,5-7,10H2,1-2H3,(H,18,20). The molecule has 0 fully saturated rings. The van der Waals surface area contributed by atoms with Crippen molar-refractivity contribution in [1.82, 2.24) is 10.3 Å². The van der Waals surface area contributed by atoms with E-state index in [4.69, 9.17) is 11.6 Å². The van der Waals surface area contributed by atoms with Crippen molar-refractivity contribution in [3.63, 3.8) is 0 Å². The normalized spacial score (nSPS) is 18.3. The number of carbonyl (C=O) groups is 1. The van der Waals surface area contributed by atoms with Gasteiger partial charge in [-0.05, 0) is 43.2 Å². The van der Waals surface area contributed by atoms with Crippen molar-refractivity contribution >= 4 is 17.5 Å². The summed E-state index contributed by atoms with van der Waals surface area (Å²) in [6, 6.07) is 3.45. The van der Waals surface area contributed by atoms with Crippen molar-refractivity contribution in [2.45, 2.75) is 39.0 Å². The highest BCUT2D eigenvalue weighted by molar-refractivity contribution is 6.29. The molecule has 3 nitrogen and oxygen atoms in total. The molecule has 4 heteroatoms. The van der Waals surface area contributed by atoms with Gasteiger partial charge in [0.1, 0.15) is 5.15 Å². The summed E-state index contributed by atoms with van der Waals surface area (Å²) in [5.74, 6) is 0.736. The van der Waals surface area contributed by atoms with E-state index >= 15 is 0 Å². The Morgan fingerprint density at radius 2 is 2.25 bits per heavy atom. The molecular formula is C16H21ClN2O. The highest BCUT2D eigenvalue weighted by Crippen LogP contribution is 2.19. The maximum Gasteiger partial charge on any atom is 0.251 e. The van der Waals surface area contributed by atoms with Crippen LogP contribution >= 0.6 is 11.6 Å². The number of rotatable bonds is 4. The zero-order valence-electron chi connectivity index (χ0n) is 12.0. The lowest BCUT2D eigenvalue weighted by Gasteiger charge is -2.18. The average Bonchev–Trinajstić information content (AvgIpc) is 2.45. The summed E-state index contributed by atoms with van der Waals surface area (Å²) in [4.78, 5) is 16.4. The molecule has 0 aliphatic heterocycles. The Kier molecular flexibility index (Phi) is 5.18. The second kappa shape index (κ2) is 6.89. The average molecular weight is 293 g/mol. The molecule has 2 rings (SSSR count). The van der Waals surface area contributed by atoms with E-state index in [0.29, 0.717) is 16.6 Å². The minimum Gasteiger partial charge on any atom is -0.352 e. The first-order chi connectivity index (χ1) is 9.56. The minimum atomic E-state index is -0.0641. The molecule has 1 atom stereocenters. The maximum atomic E-state index is 12.2. The Morgan fingerprint density at radius 3 is 2.90 bits per heavy atom. The van der Waals surface area contributed by atoms with Crippen molar-refractivity contribution in [3.05, 3.63) is 40.7 Å².